The molecule has 42 heavy (non-hydrogen) atoms. The third kappa shape index (κ3) is 11.9. The topological polar surface area (TPSA) is 150 Å². The predicted molar refractivity (Wildman–Crippen MR) is 156 cm³/mol. The predicted octanol–water partition coefficient (Wildman–Crippen LogP) is 5.98. The van der Waals surface area contributed by atoms with Crippen LogP contribution in [-0.2, 0) is 35.0 Å². The van der Waals surface area contributed by atoms with E-state index in [4.69, 9.17) is 34.2 Å². The number of nitrogens with two attached hydrogens (primary N) is 1. The maximum absolute atomic E-state index is 12.8. The fraction of sp³-hybridized carbons (Fsp3) is 0.677. The Labute approximate surface area is 249 Å². The maximum Gasteiger partial charge on any atom is 0.514 e. The molecule has 0 heterocycles. The van der Waals surface area contributed by atoms with Crippen molar-refractivity contribution in [2.24, 2.45) is 23.5 Å². The van der Waals surface area contributed by atoms with Crippen molar-refractivity contribution in [3.05, 3.63) is 23.8 Å². The van der Waals surface area contributed by atoms with Gasteiger partial charge in [-0.15, -0.1) is 0 Å². The van der Waals surface area contributed by atoms with Gasteiger partial charge in [0.1, 0.15) is 23.9 Å². The molecule has 4 unspecified atom stereocenters. The molecule has 0 saturated heterocycles. The molecule has 0 aliphatic carbocycles. The lowest BCUT2D eigenvalue weighted by Gasteiger charge is -2.30. The van der Waals surface area contributed by atoms with Crippen molar-refractivity contribution in [1.82, 2.24) is 0 Å². The van der Waals surface area contributed by atoms with Gasteiger partial charge >= 0.3 is 24.2 Å². The Morgan fingerprint density at radius 2 is 1.33 bits per heavy atom. The quantitative estimate of drug-likeness (QED) is 0.145. The highest BCUT2D eigenvalue weighted by Crippen LogP contribution is 2.32. The molecule has 0 aliphatic rings. The molecule has 0 bridgehead atoms. The van der Waals surface area contributed by atoms with Crippen molar-refractivity contribution >= 4 is 24.2 Å². The summed E-state index contributed by atoms with van der Waals surface area (Å²) < 4.78 is 31.9. The fourth-order valence-corrected chi connectivity index (χ4v) is 3.85. The molecule has 0 aromatic heterocycles. The average Bonchev–Trinajstić information content (AvgIpc) is 2.89. The molecule has 0 fully saturated rings. The van der Waals surface area contributed by atoms with E-state index in [1.807, 2.05) is 34.6 Å². The summed E-state index contributed by atoms with van der Waals surface area (Å²) >= 11 is 0. The SMILES string of the molecule is CCCC(C)C(=O)O[C@@H](C)CC(N)(Cc1ccc(OC(=O)OC(C)C(C)C)c(OC(=O)OC(C)C(C)C)c1)C(=O)OC. The molecular formula is C31H49NO10. The number of rotatable bonds is 15. The van der Waals surface area contributed by atoms with Crippen molar-refractivity contribution in [3.8, 4) is 11.5 Å². The van der Waals surface area contributed by atoms with Crippen molar-refractivity contribution in [1.29, 1.82) is 0 Å². The Kier molecular flexibility index (Phi) is 14.8. The normalized spacial score (nSPS) is 15.5. The summed E-state index contributed by atoms with van der Waals surface area (Å²) in [7, 11) is 1.21. The van der Waals surface area contributed by atoms with Crippen LogP contribution in [0.3, 0.4) is 0 Å². The van der Waals surface area contributed by atoms with Gasteiger partial charge in [-0.3, -0.25) is 9.59 Å². The molecule has 0 aliphatic heterocycles. The van der Waals surface area contributed by atoms with Gasteiger partial charge in [-0.2, -0.15) is 0 Å². The second kappa shape index (κ2) is 16.9. The van der Waals surface area contributed by atoms with Gasteiger partial charge in [0.15, 0.2) is 11.5 Å². The maximum atomic E-state index is 12.8. The molecular weight excluding hydrogens is 546 g/mol. The standard InChI is InChI=1S/C31H49NO10/c1-11-12-20(6)27(33)38-21(7)16-31(32,28(34)37-10)17-24-13-14-25(41-29(35)39-22(8)18(2)3)26(15-24)42-30(36)40-23(9)19(4)5/h13-15,18-23H,11-12,16-17,32H2,1-10H3/t20?,21-,22?,23?,31?/m0/s1. The van der Waals surface area contributed by atoms with Crippen LogP contribution in [0.25, 0.3) is 0 Å². The molecule has 1 aromatic rings. The van der Waals surface area contributed by atoms with Crippen LogP contribution in [0, 0.1) is 17.8 Å². The average molecular weight is 596 g/mol. The summed E-state index contributed by atoms with van der Waals surface area (Å²) in [6.45, 7) is 16.4. The minimum atomic E-state index is -1.60. The van der Waals surface area contributed by atoms with Crippen LogP contribution in [0.4, 0.5) is 9.59 Å². The highest BCUT2D eigenvalue weighted by Gasteiger charge is 2.38. The summed E-state index contributed by atoms with van der Waals surface area (Å²) in [5, 5.41) is 0. The molecule has 0 amide bonds. The van der Waals surface area contributed by atoms with Crippen LogP contribution in [-0.4, -0.2) is 55.2 Å². The lowest BCUT2D eigenvalue weighted by molar-refractivity contribution is -0.157. The second-order valence-corrected chi connectivity index (χ2v) is 11.6. The lowest BCUT2D eigenvalue weighted by atomic mass is 9.86. The van der Waals surface area contributed by atoms with Gasteiger partial charge in [-0.1, -0.05) is 54.0 Å². The minimum Gasteiger partial charge on any atom is -0.468 e. The van der Waals surface area contributed by atoms with Crippen molar-refractivity contribution in [2.75, 3.05) is 7.11 Å². The zero-order chi connectivity index (χ0) is 32.2. The molecule has 11 heteroatoms. The highest BCUT2D eigenvalue weighted by atomic mass is 16.8. The monoisotopic (exact) mass is 595 g/mol. The fourth-order valence-electron chi connectivity index (χ4n) is 3.85. The van der Waals surface area contributed by atoms with Crippen LogP contribution in [0.15, 0.2) is 18.2 Å². The number of hydrogen-bond acceptors (Lipinski definition) is 11. The zero-order valence-corrected chi connectivity index (χ0v) is 26.7. The number of hydrogen-bond donors (Lipinski definition) is 1. The second-order valence-electron chi connectivity index (χ2n) is 11.6. The Balaban J connectivity index is 3.30. The lowest BCUT2D eigenvalue weighted by Crippen LogP contribution is -2.53. The highest BCUT2D eigenvalue weighted by molar-refractivity contribution is 5.81. The van der Waals surface area contributed by atoms with Gasteiger partial charge in [-0.05, 0) is 56.7 Å². The molecule has 5 atom stereocenters. The van der Waals surface area contributed by atoms with E-state index in [2.05, 4.69) is 0 Å². The number of carbonyl (C=O) groups is 4. The van der Waals surface area contributed by atoms with Crippen LogP contribution in [0.1, 0.15) is 87.1 Å². The molecule has 0 saturated carbocycles. The molecule has 1 rings (SSSR count). The van der Waals surface area contributed by atoms with Gasteiger partial charge < -0.3 is 34.2 Å². The number of methoxy groups -OCH3 is 1. The van der Waals surface area contributed by atoms with E-state index in [-0.39, 0.29) is 48.1 Å². The molecule has 2 N–H and O–H groups in total. The first kappa shape index (κ1) is 36.7. The van der Waals surface area contributed by atoms with E-state index >= 15 is 0 Å². The Morgan fingerprint density at radius 1 is 0.810 bits per heavy atom. The number of benzene rings is 1. The van der Waals surface area contributed by atoms with Crippen LogP contribution < -0.4 is 15.2 Å². The van der Waals surface area contributed by atoms with Gasteiger partial charge in [0.25, 0.3) is 0 Å². The van der Waals surface area contributed by atoms with Gasteiger partial charge in [0.05, 0.1) is 13.0 Å². The van der Waals surface area contributed by atoms with E-state index in [0.717, 1.165) is 6.42 Å². The van der Waals surface area contributed by atoms with Crippen LogP contribution in [0.5, 0.6) is 11.5 Å². The Hall–Kier alpha value is -3.34. The van der Waals surface area contributed by atoms with Crippen molar-refractivity contribution in [3.63, 3.8) is 0 Å². The van der Waals surface area contributed by atoms with Crippen molar-refractivity contribution in [2.45, 2.75) is 112 Å². The van der Waals surface area contributed by atoms with Crippen LogP contribution >= 0.6 is 0 Å². The summed E-state index contributed by atoms with van der Waals surface area (Å²) in [5.74, 6) is -1.53. The summed E-state index contributed by atoms with van der Waals surface area (Å²) in [6.07, 6.45) is -2.14. The molecule has 238 valence electrons. The van der Waals surface area contributed by atoms with Crippen molar-refractivity contribution < 1.29 is 47.6 Å². The largest absolute Gasteiger partial charge is 0.514 e. The van der Waals surface area contributed by atoms with E-state index in [0.29, 0.717) is 12.0 Å². The first-order valence-corrected chi connectivity index (χ1v) is 14.5. The summed E-state index contributed by atoms with van der Waals surface area (Å²) in [6, 6.07) is 4.38. The van der Waals surface area contributed by atoms with Gasteiger partial charge in [0.2, 0.25) is 0 Å². The van der Waals surface area contributed by atoms with Gasteiger partial charge in [0, 0.05) is 12.8 Å². The van der Waals surface area contributed by atoms with E-state index in [1.165, 1.54) is 19.2 Å². The first-order valence-electron chi connectivity index (χ1n) is 14.5. The zero-order valence-electron chi connectivity index (χ0n) is 26.7. The molecule has 0 spiro atoms. The third-order valence-corrected chi connectivity index (χ3v) is 7.04. The first-order chi connectivity index (χ1) is 19.5. The molecule has 1 aromatic carbocycles. The number of esters is 2. The molecule has 11 nitrogen and oxygen atoms in total. The third-order valence-electron chi connectivity index (χ3n) is 7.04. The van der Waals surface area contributed by atoms with Gasteiger partial charge in [-0.25, -0.2) is 9.59 Å². The smallest absolute Gasteiger partial charge is 0.468 e. The summed E-state index contributed by atoms with van der Waals surface area (Å²) in [4.78, 5) is 50.3. The number of carbonyl (C=O) groups excluding carboxylic acids is 4. The number of ether oxygens (including phenoxy) is 6. The Morgan fingerprint density at radius 3 is 1.81 bits per heavy atom. The van der Waals surface area contributed by atoms with E-state index in [1.54, 1.807) is 33.8 Å². The van der Waals surface area contributed by atoms with E-state index in [9.17, 15) is 19.2 Å². The van der Waals surface area contributed by atoms with E-state index < -0.39 is 42.1 Å². The Bertz CT molecular complexity index is 1060. The molecule has 0 radical (unpaired) electrons. The minimum absolute atomic E-state index is 0.0334. The summed E-state index contributed by atoms with van der Waals surface area (Å²) in [5.41, 5.74) is 5.40. The van der Waals surface area contributed by atoms with Crippen LogP contribution in [0.2, 0.25) is 0 Å².